The summed E-state index contributed by atoms with van der Waals surface area (Å²) in [6.07, 6.45) is 3.89. The highest BCUT2D eigenvalue weighted by Crippen LogP contribution is 2.14. The Morgan fingerprint density at radius 2 is 2.00 bits per heavy atom. The van der Waals surface area contributed by atoms with E-state index in [9.17, 15) is 4.79 Å². The standard InChI is InChI=1S/C11H21N3O2/c1-10(13-16)11(15)12-6-9-14(2)7-4-3-5-8-14/h3-9H2,1-2H3,(H-,12,15,16)/p+1. The summed E-state index contributed by atoms with van der Waals surface area (Å²) in [5, 5.41) is 14.1. The highest BCUT2D eigenvalue weighted by molar-refractivity contribution is 6.37. The molecule has 0 radical (unpaired) electrons. The minimum absolute atomic E-state index is 0.112. The minimum atomic E-state index is -0.286. The van der Waals surface area contributed by atoms with Crippen LogP contribution in [0.25, 0.3) is 0 Å². The lowest BCUT2D eigenvalue weighted by Crippen LogP contribution is -2.51. The number of quaternary nitrogens is 1. The van der Waals surface area contributed by atoms with Crippen molar-refractivity contribution in [3.63, 3.8) is 0 Å². The predicted octanol–water partition coefficient (Wildman–Crippen LogP) is 0.583. The van der Waals surface area contributed by atoms with Crippen LogP contribution in [0, 0.1) is 0 Å². The van der Waals surface area contributed by atoms with Crippen LogP contribution in [-0.2, 0) is 4.79 Å². The van der Waals surface area contributed by atoms with Gasteiger partial charge in [0.05, 0.1) is 33.2 Å². The lowest BCUT2D eigenvalue weighted by molar-refractivity contribution is -0.912. The number of oxime groups is 1. The molecule has 16 heavy (non-hydrogen) atoms. The van der Waals surface area contributed by atoms with Crippen molar-refractivity contribution in [1.29, 1.82) is 0 Å². The first-order valence-electron chi connectivity index (χ1n) is 5.88. The maximum absolute atomic E-state index is 11.3. The third kappa shape index (κ3) is 3.81. The molecule has 1 amide bonds. The van der Waals surface area contributed by atoms with E-state index in [4.69, 9.17) is 5.21 Å². The SMILES string of the molecule is C/C(=N/O)C(=O)NCC[N+]1(C)CCCCC1. The average molecular weight is 228 g/mol. The predicted molar refractivity (Wildman–Crippen MR) is 62.5 cm³/mol. The molecule has 92 valence electrons. The second-order valence-corrected chi connectivity index (χ2v) is 4.79. The molecule has 0 bridgehead atoms. The molecule has 1 heterocycles. The molecule has 2 N–H and O–H groups in total. The van der Waals surface area contributed by atoms with Crippen molar-refractivity contribution < 1.29 is 14.5 Å². The molecule has 1 saturated heterocycles. The van der Waals surface area contributed by atoms with Crippen LogP contribution in [0.4, 0.5) is 0 Å². The fourth-order valence-corrected chi connectivity index (χ4v) is 2.11. The molecule has 0 spiro atoms. The lowest BCUT2D eigenvalue weighted by Gasteiger charge is -2.37. The van der Waals surface area contributed by atoms with Gasteiger partial charge in [-0.1, -0.05) is 5.16 Å². The molecule has 0 aromatic rings. The molecule has 1 aliphatic heterocycles. The van der Waals surface area contributed by atoms with Crippen LogP contribution < -0.4 is 5.32 Å². The first-order valence-corrected chi connectivity index (χ1v) is 5.88. The van der Waals surface area contributed by atoms with Crippen molar-refractivity contribution in [2.45, 2.75) is 26.2 Å². The van der Waals surface area contributed by atoms with Gasteiger partial charge in [0.15, 0.2) is 0 Å². The molecule has 0 aromatic carbocycles. The maximum atomic E-state index is 11.3. The number of likely N-dealkylation sites (tertiary alicyclic amines) is 1. The largest absolute Gasteiger partial charge is 0.410 e. The maximum Gasteiger partial charge on any atom is 0.268 e. The van der Waals surface area contributed by atoms with Gasteiger partial charge in [-0.25, -0.2) is 0 Å². The summed E-state index contributed by atoms with van der Waals surface area (Å²) in [5.74, 6) is -0.286. The Hall–Kier alpha value is -1.10. The van der Waals surface area contributed by atoms with E-state index in [-0.39, 0.29) is 11.6 Å². The van der Waals surface area contributed by atoms with E-state index in [1.54, 1.807) is 0 Å². The number of nitrogens with one attached hydrogen (secondary N) is 1. The zero-order valence-corrected chi connectivity index (χ0v) is 10.2. The fraction of sp³-hybridized carbons (Fsp3) is 0.818. The van der Waals surface area contributed by atoms with Crippen LogP contribution >= 0.6 is 0 Å². The molecule has 5 nitrogen and oxygen atoms in total. The number of hydrogen-bond acceptors (Lipinski definition) is 3. The van der Waals surface area contributed by atoms with Crippen molar-refractivity contribution in [1.82, 2.24) is 5.32 Å². The van der Waals surface area contributed by atoms with E-state index in [2.05, 4.69) is 17.5 Å². The lowest BCUT2D eigenvalue weighted by atomic mass is 10.1. The fourth-order valence-electron chi connectivity index (χ4n) is 2.11. The summed E-state index contributed by atoms with van der Waals surface area (Å²) in [4.78, 5) is 11.3. The molecule has 1 fully saturated rings. The van der Waals surface area contributed by atoms with E-state index in [0.717, 1.165) is 11.0 Å². The van der Waals surface area contributed by atoms with Gasteiger partial charge in [0.25, 0.3) is 5.91 Å². The highest BCUT2D eigenvalue weighted by atomic mass is 16.4. The third-order valence-electron chi connectivity index (χ3n) is 3.31. The van der Waals surface area contributed by atoms with Gasteiger partial charge in [-0.3, -0.25) is 4.79 Å². The molecule has 0 unspecified atom stereocenters. The van der Waals surface area contributed by atoms with Crippen molar-refractivity contribution in [2.24, 2.45) is 5.16 Å². The Kier molecular flexibility index (Phi) is 4.73. The van der Waals surface area contributed by atoms with Gasteiger partial charge in [0, 0.05) is 0 Å². The highest BCUT2D eigenvalue weighted by Gasteiger charge is 2.24. The smallest absolute Gasteiger partial charge is 0.268 e. The second kappa shape index (κ2) is 5.84. The van der Waals surface area contributed by atoms with E-state index < -0.39 is 0 Å². The molecule has 0 atom stereocenters. The van der Waals surface area contributed by atoms with Crippen molar-refractivity contribution in [3.8, 4) is 0 Å². The normalized spacial score (nSPS) is 20.5. The Balaban J connectivity index is 2.26. The zero-order chi connectivity index (χ0) is 12.0. The van der Waals surface area contributed by atoms with Gasteiger partial charge in [-0.15, -0.1) is 0 Å². The summed E-state index contributed by atoms with van der Waals surface area (Å²) in [6, 6.07) is 0. The number of amides is 1. The first-order chi connectivity index (χ1) is 7.57. The second-order valence-electron chi connectivity index (χ2n) is 4.79. The van der Waals surface area contributed by atoms with Gasteiger partial charge in [-0.2, -0.15) is 0 Å². The van der Waals surface area contributed by atoms with Crippen molar-refractivity contribution in [3.05, 3.63) is 0 Å². The topological polar surface area (TPSA) is 61.7 Å². The van der Waals surface area contributed by atoms with Gasteiger partial charge >= 0.3 is 0 Å². The molecule has 1 rings (SSSR count). The summed E-state index contributed by atoms with van der Waals surface area (Å²) in [5.41, 5.74) is 0.112. The molecule has 1 aliphatic rings. The number of piperidine rings is 1. The number of rotatable bonds is 4. The minimum Gasteiger partial charge on any atom is -0.410 e. The Morgan fingerprint density at radius 1 is 1.38 bits per heavy atom. The Morgan fingerprint density at radius 3 is 2.56 bits per heavy atom. The molecule has 0 aromatic heterocycles. The first kappa shape index (κ1) is 13.0. The number of hydrogen-bond donors (Lipinski definition) is 2. The summed E-state index contributed by atoms with van der Waals surface area (Å²) < 4.78 is 1.04. The number of likely N-dealkylation sites (N-methyl/N-ethyl adjacent to an activating group) is 1. The Bertz CT molecular complexity index is 270. The van der Waals surface area contributed by atoms with Crippen LogP contribution in [0.1, 0.15) is 26.2 Å². The van der Waals surface area contributed by atoms with Crippen LogP contribution in [0.5, 0.6) is 0 Å². The summed E-state index contributed by atoms with van der Waals surface area (Å²) in [7, 11) is 2.23. The molecular formula is C11H22N3O2+. The van der Waals surface area contributed by atoms with Crippen molar-refractivity contribution >= 4 is 11.6 Å². The van der Waals surface area contributed by atoms with Gasteiger partial charge in [0.1, 0.15) is 5.71 Å². The van der Waals surface area contributed by atoms with E-state index in [0.29, 0.717) is 6.54 Å². The average Bonchev–Trinajstić information content (AvgIpc) is 2.28. The van der Waals surface area contributed by atoms with Crippen LogP contribution in [0.2, 0.25) is 0 Å². The third-order valence-corrected chi connectivity index (χ3v) is 3.31. The monoisotopic (exact) mass is 228 g/mol. The van der Waals surface area contributed by atoms with Crippen LogP contribution in [-0.4, -0.2) is 54.5 Å². The van der Waals surface area contributed by atoms with Gasteiger partial charge < -0.3 is 15.0 Å². The molecule has 5 heteroatoms. The molecule has 0 saturated carbocycles. The van der Waals surface area contributed by atoms with Crippen LogP contribution in [0.15, 0.2) is 5.16 Å². The number of nitrogens with zero attached hydrogens (tertiary/aromatic N) is 2. The van der Waals surface area contributed by atoms with Crippen LogP contribution in [0.3, 0.4) is 0 Å². The Labute approximate surface area is 96.7 Å². The number of carbonyl (C=O) groups excluding carboxylic acids is 1. The van der Waals surface area contributed by atoms with E-state index >= 15 is 0 Å². The number of carbonyl (C=O) groups is 1. The van der Waals surface area contributed by atoms with Gasteiger partial charge in [-0.05, 0) is 26.2 Å². The van der Waals surface area contributed by atoms with E-state index in [1.165, 1.54) is 39.3 Å². The quantitative estimate of drug-likeness (QED) is 0.320. The molecule has 0 aliphatic carbocycles. The van der Waals surface area contributed by atoms with E-state index in [1.807, 2.05) is 0 Å². The zero-order valence-electron chi connectivity index (χ0n) is 10.2. The molecular weight excluding hydrogens is 206 g/mol. The van der Waals surface area contributed by atoms with Gasteiger partial charge in [0.2, 0.25) is 0 Å². The summed E-state index contributed by atoms with van der Waals surface area (Å²) in [6.45, 7) is 5.48. The summed E-state index contributed by atoms with van der Waals surface area (Å²) >= 11 is 0. The van der Waals surface area contributed by atoms with Crippen molar-refractivity contribution in [2.75, 3.05) is 33.2 Å².